The van der Waals surface area contributed by atoms with E-state index in [0.717, 1.165) is 0 Å². The fraction of sp³-hybridized carbons (Fsp3) is 0.722. The highest BCUT2D eigenvalue weighted by Gasteiger charge is 2.43. The number of piperidine rings is 1. The molecular formula is C18H30N4O4. The molecule has 0 bridgehead atoms. The number of aliphatic hydroxyl groups excluding tert-OH is 2. The molecule has 8 heteroatoms. The smallest absolute Gasteiger partial charge is 0.272 e. The van der Waals surface area contributed by atoms with Crippen molar-refractivity contribution >= 4 is 11.9 Å². The molecule has 1 aromatic heterocycles. The molecular weight excluding hydrogens is 336 g/mol. The Bertz CT molecular complexity index is 625. The van der Waals surface area contributed by atoms with Gasteiger partial charge in [-0.15, -0.1) is 0 Å². The maximum absolute atomic E-state index is 13.0. The minimum absolute atomic E-state index is 0.0742. The lowest BCUT2D eigenvalue weighted by Gasteiger charge is -2.45. The molecule has 4 N–H and O–H groups in total. The number of nitrogens with two attached hydrogens (primary N) is 1. The van der Waals surface area contributed by atoms with Gasteiger partial charge in [0.05, 0.1) is 12.7 Å². The van der Waals surface area contributed by atoms with Crippen molar-refractivity contribution in [1.82, 2.24) is 14.9 Å². The Balaban J connectivity index is 2.21. The van der Waals surface area contributed by atoms with Gasteiger partial charge in [0.15, 0.2) is 0 Å². The Morgan fingerprint density at radius 1 is 1.50 bits per heavy atom. The Hall–Kier alpha value is -1.77. The van der Waals surface area contributed by atoms with Crippen LogP contribution in [0.25, 0.3) is 0 Å². The van der Waals surface area contributed by atoms with Gasteiger partial charge in [-0.2, -0.15) is 0 Å². The summed E-state index contributed by atoms with van der Waals surface area (Å²) in [5, 5.41) is 20.4. The summed E-state index contributed by atoms with van der Waals surface area (Å²) in [4.78, 5) is 22.9. The second-order valence-corrected chi connectivity index (χ2v) is 7.34. The highest BCUT2D eigenvalue weighted by Crippen LogP contribution is 2.35. The molecule has 2 atom stereocenters. The molecule has 1 aliphatic heterocycles. The second-order valence-electron chi connectivity index (χ2n) is 7.34. The van der Waals surface area contributed by atoms with Gasteiger partial charge >= 0.3 is 0 Å². The molecule has 1 aromatic rings. The summed E-state index contributed by atoms with van der Waals surface area (Å²) in [6, 6.07) is 1.67. The molecule has 1 aliphatic rings. The largest absolute Gasteiger partial charge is 0.396 e. The van der Waals surface area contributed by atoms with Crippen LogP contribution in [0.1, 0.15) is 55.2 Å². The van der Waals surface area contributed by atoms with Gasteiger partial charge < -0.3 is 25.6 Å². The monoisotopic (exact) mass is 366 g/mol. The Labute approximate surface area is 154 Å². The van der Waals surface area contributed by atoms with Crippen molar-refractivity contribution in [2.75, 3.05) is 39.1 Å². The van der Waals surface area contributed by atoms with Crippen LogP contribution in [-0.2, 0) is 4.74 Å². The van der Waals surface area contributed by atoms with Gasteiger partial charge in [-0.3, -0.25) is 4.79 Å². The van der Waals surface area contributed by atoms with Crippen LogP contribution in [0.5, 0.6) is 0 Å². The van der Waals surface area contributed by atoms with Crippen molar-refractivity contribution in [2.45, 2.75) is 45.1 Å². The molecule has 0 radical (unpaired) electrons. The third kappa shape index (κ3) is 4.49. The molecule has 0 unspecified atom stereocenters. The number of carbonyl (C=O) groups is 1. The van der Waals surface area contributed by atoms with Crippen LogP contribution in [0.15, 0.2) is 6.07 Å². The molecule has 1 amide bonds. The molecule has 0 aliphatic carbocycles. The number of ether oxygens (including phenoxy) is 1. The van der Waals surface area contributed by atoms with Crippen molar-refractivity contribution in [3.05, 3.63) is 17.5 Å². The minimum Gasteiger partial charge on any atom is -0.396 e. The Morgan fingerprint density at radius 3 is 2.85 bits per heavy atom. The van der Waals surface area contributed by atoms with Crippen LogP contribution in [0, 0.1) is 5.41 Å². The lowest BCUT2D eigenvalue weighted by Crippen LogP contribution is -2.55. The highest BCUT2D eigenvalue weighted by molar-refractivity contribution is 5.92. The minimum atomic E-state index is -0.744. The summed E-state index contributed by atoms with van der Waals surface area (Å²) in [5.41, 5.74) is 5.98. The van der Waals surface area contributed by atoms with Crippen LogP contribution in [0.3, 0.4) is 0 Å². The zero-order chi connectivity index (χ0) is 19.3. The third-order valence-electron chi connectivity index (χ3n) is 5.08. The van der Waals surface area contributed by atoms with Gasteiger partial charge in [-0.05, 0) is 31.2 Å². The number of rotatable bonds is 7. The van der Waals surface area contributed by atoms with E-state index in [0.29, 0.717) is 38.1 Å². The standard InChI is InChI=1S/C18H30N4O4/c1-12(2)13-9-14(21-17(19)20-13)16(25)22-7-5-15(24)18(10-22,11-23)6-4-8-26-3/h9,12,15,23-24H,4-8,10-11H2,1-3H3,(H2,19,20,21)/t15-,18+/m1/s1. The fourth-order valence-electron chi connectivity index (χ4n) is 3.42. The number of aromatic nitrogens is 2. The average molecular weight is 366 g/mol. The number of likely N-dealkylation sites (tertiary alicyclic amines) is 1. The summed E-state index contributed by atoms with van der Waals surface area (Å²) < 4.78 is 5.08. The fourth-order valence-corrected chi connectivity index (χ4v) is 3.42. The summed E-state index contributed by atoms with van der Waals surface area (Å²) in [6.07, 6.45) is 1.03. The van der Waals surface area contributed by atoms with E-state index < -0.39 is 11.5 Å². The van der Waals surface area contributed by atoms with Crippen molar-refractivity contribution in [2.24, 2.45) is 5.41 Å². The van der Waals surface area contributed by atoms with E-state index >= 15 is 0 Å². The number of aliphatic hydroxyl groups is 2. The molecule has 146 valence electrons. The molecule has 0 saturated carbocycles. The topological polar surface area (TPSA) is 122 Å². The summed E-state index contributed by atoms with van der Waals surface area (Å²) in [6.45, 7) is 4.98. The number of methoxy groups -OCH3 is 1. The lowest BCUT2D eigenvalue weighted by atomic mass is 9.74. The number of carbonyl (C=O) groups excluding carboxylic acids is 1. The highest BCUT2D eigenvalue weighted by atomic mass is 16.5. The quantitative estimate of drug-likeness (QED) is 0.610. The number of hydrogen-bond acceptors (Lipinski definition) is 7. The van der Waals surface area contributed by atoms with Crippen LogP contribution >= 0.6 is 0 Å². The number of hydrogen-bond donors (Lipinski definition) is 3. The molecule has 2 rings (SSSR count). The molecule has 2 heterocycles. The first-order valence-corrected chi connectivity index (χ1v) is 9.04. The number of nitrogen functional groups attached to an aromatic ring is 1. The van der Waals surface area contributed by atoms with Crippen molar-refractivity contribution in [1.29, 1.82) is 0 Å². The van der Waals surface area contributed by atoms with E-state index in [4.69, 9.17) is 10.5 Å². The van der Waals surface area contributed by atoms with Gasteiger partial charge in [-0.1, -0.05) is 13.8 Å². The van der Waals surface area contributed by atoms with Crippen molar-refractivity contribution in [3.63, 3.8) is 0 Å². The molecule has 1 fully saturated rings. The van der Waals surface area contributed by atoms with Gasteiger partial charge in [0.1, 0.15) is 5.69 Å². The number of nitrogens with zero attached hydrogens (tertiary/aromatic N) is 3. The van der Waals surface area contributed by atoms with E-state index in [1.165, 1.54) is 0 Å². The normalized spacial score (nSPS) is 23.5. The SMILES string of the molecule is COCCC[C@@]1(CO)CN(C(=O)c2cc(C(C)C)nc(N)n2)CC[C@H]1O. The predicted octanol–water partition coefficient (Wildman–Crippen LogP) is 0.794. The summed E-state index contributed by atoms with van der Waals surface area (Å²) >= 11 is 0. The van der Waals surface area contributed by atoms with Crippen LogP contribution < -0.4 is 5.73 Å². The van der Waals surface area contributed by atoms with E-state index in [9.17, 15) is 15.0 Å². The zero-order valence-electron chi connectivity index (χ0n) is 15.8. The first kappa shape index (κ1) is 20.5. The van der Waals surface area contributed by atoms with Gasteiger partial charge in [0.2, 0.25) is 5.95 Å². The molecule has 8 nitrogen and oxygen atoms in total. The van der Waals surface area contributed by atoms with E-state index in [2.05, 4.69) is 9.97 Å². The van der Waals surface area contributed by atoms with Gasteiger partial charge in [-0.25, -0.2) is 9.97 Å². The zero-order valence-corrected chi connectivity index (χ0v) is 15.8. The Morgan fingerprint density at radius 2 is 2.23 bits per heavy atom. The van der Waals surface area contributed by atoms with E-state index in [-0.39, 0.29) is 36.6 Å². The summed E-state index contributed by atoms with van der Waals surface area (Å²) in [7, 11) is 1.62. The van der Waals surface area contributed by atoms with E-state index in [1.807, 2.05) is 13.8 Å². The van der Waals surface area contributed by atoms with Crippen LogP contribution in [0.4, 0.5) is 5.95 Å². The number of anilines is 1. The lowest BCUT2D eigenvalue weighted by molar-refractivity contribution is -0.0746. The second kappa shape index (κ2) is 8.75. The molecule has 0 spiro atoms. The van der Waals surface area contributed by atoms with Crippen molar-refractivity contribution < 1.29 is 19.7 Å². The number of amides is 1. The first-order chi connectivity index (χ1) is 12.3. The van der Waals surface area contributed by atoms with Crippen LogP contribution in [-0.4, -0.2) is 70.5 Å². The van der Waals surface area contributed by atoms with Gasteiger partial charge in [0.25, 0.3) is 5.91 Å². The predicted molar refractivity (Wildman–Crippen MR) is 97.7 cm³/mol. The maximum atomic E-state index is 13.0. The average Bonchev–Trinajstić information content (AvgIpc) is 2.62. The molecule has 26 heavy (non-hydrogen) atoms. The third-order valence-corrected chi connectivity index (χ3v) is 5.08. The van der Waals surface area contributed by atoms with Crippen LogP contribution in [0.2, 0.25) is 0 Å². The molecule has 0 aromatic carbocycles. The maximum Gasteiger partial charge on any atom is 0.272 e. The van der Waals surface area contributed by atoms with E-state index in [1.54, 1.807) is 18.1 Å². The van der Waals surface area contributed by atoms with Gasteiger partial charge in [0, 0.05) is 37.9 Å². The summed E-state index contributed by atoms with van der Waals surface area (Å²) in [5.74, 6) is -0.0526. The molecule has 1 saturated heterocycles. The Kier molecular flexibility index (Phi) is 6.91. The van der Waals surface area contributed by atoms with Crippen molar-refractivity contribution in [3.8, 4) is 0 Å². The first-order valence-electron chi connectivity index (χ1n) is 9.04.